The van der Waals surface area contributed by atoms with E-state index in [1.165, 1.54) is 0 Å². The molecule has 2 aliphatic heterocycles. The van der Waals surface area contributed by atoms with Gasteiger partial charge in [-0.2, -0.15) is 0 Å². The molecule has 4 N–H and O–H groups in total. The van der Waals surface area contributed by atoms with E-state index in [-0.39, 0.29) is 16.7 Å². The van der Waals surface area contributed by atoms with Crippen LogP contribution in [-0.2, 0) is 4.74 Å². The Labute approximate surface area is 130 Å². The molecule has 2 aliphatic rings. The summed E-state index contributed by atoms with van der Waals surface area (Å²) in [5.74, 6) is 0.639. The standard InChI is InChI=1S/C14H23ClN4O2/c1-13(2,3)21-12(20)19-8-14(9-19)6-18(7-14)11(17)5-4-10(15)16/h4-5H,6-9,16-17H2,1-3H3/b10-4-,11-5+. The first kappa shape index (κ1) is 15.8. The molecule has 0 atom stereocenters. The zero-order chi connectivity index (χ0) is 15.8. The highest BCUT2D eigenvalue weighted by molar-refractivity contribution is 6.29. The lowest BCUT2D eigenvalue weighted by Gasteiger charge is -2.60. The van der Waals surface area contributed by atoms with Crippen LogP contribution in [0.4, 0.5) is 4.79 Å². The number of likely N-dealkylation sites (tertiary alicyclic amines) is 2. The molecule has 2 rings (SSSR count). The smallest absolute Gasteiger partial charge is 0.410 e. The van der Waals surface area contributed by atoms with Crippen LogP contribution in [0.15, 0.2) is 23.1 Å². The summed E-state index contributed by atoms with van der Waals surface area (Å²) in [6, 6.07) is 0. The summed E-state index contributed by atoms with van der Waals surface area (Å²) < 4.78 is 5.34. The van der Waals surface area contributed by atoms with Crippen LogP contribution in [0.1, 0.15) is 20.8 Å². The number of carbonyl (C=O) groups is 1. The SMILES string of the molecule is CC(C)(C)OC(=O)N1CC2(C1)CN(/C(N)=C/C=C(\N)Cl)C2. The van der Waals surface area contributed by atoms with Gasteiger partial charge in [0.1, 0.15) is 5.60 Å². The van der Waals surface area contributed by atoms with Crippen LogP contribution in [0.3, 0.4) is 0 Å². The normalized spacial score (nSPS) is 21.9. The first-order valence-corrected chi connectivity index (χ1v) is 7.29. The Balaban J connectivity index is 1.78. The molecule has 0 aromatic carbocycles. The average Bonchev–Trinajstić information content (AvgIpc) is 2.19. The molecule has 0 aromatic rings. The Morgan fingerprint density at radius 1 is 1.14 bits per heavy atom. The Hall–Kier alpha value is -1.56. The van der Waals surface area contributed by atoms with E-state index in [4.69, 9.17) is 27.8 Å². The minimum absolute atomic E-state index is 0.158. The van der Waals surface area contributed by atoms with Gasteiger partial charge in [-0.15, -0.1) is 0 Å². The fourth-order valence-electron chi connectivity index (χ4n) is 2.64. The van der Waals surface area contributed by atoms with Gasteiger partial charge in [-0.25, -0.2) is 4.79 Å². The lowest BCUT2D eigenvalue weighted by Crippen LogP contribution is -2.73. The number of carbonyl (C=O) groups excluding carboxylic acids is 1. The summed E-state index contributed by atoms with van der Waals surface area (Å²) in [5, 5.41) is 0.202. The highest BCUT2D eigenvalue weighted by Crippen LogP contribution is 2.41. The maximum Gasteiger partial charge on any atom is 0.410 e. The largest absolute Gasteiger partial charge is 0.444 e. The van der Waals surface area contributed by atoms with E-state index in [9.17, 15) is 4.79 Å². The molecule has 21 heavy (non-hydrogen) atoms. The third kappa shape index (κ3) is 3.75. The minimum Gasteiger partial charge on any atom is -0.444 e. The molecule has 7 heteroatoms. The second-order valence-electron chi connectivity index (χ2n) is 6.84. The summed E-state index contributed by atoms with van der Waals surface area (Å²) in [6.07, 6.45) is 3.02. The Kier molecular flexibility index (Phi) is 4.02. The second-order valence-corrected chi connectivity index (χ2v) is 7.27. The Morgan fingerprint density at radius 2 is 1.67 bits per heavy atom. The molecule has 0 aromatic heterocycles. The maximum atomic E-state index is 11.9. The highest BCUT2D eigenvalue weighted by atomic mass is 35.5. The van der Waals surface area contributed by atoms with Crippen molar-refractivity contribution in [2.45, 2.75) is 26.4 Å². The molecule has 0 aliphatic carbocycles. The number of ether oxygens (including phenoxy) is 1. The predicted octanol–water partition coefficient (Wildman–Crippen LogP) is 1.38. The number of hydrogen-bond donors (Lipinski definition) is 2. The van der Waals surface area contributed by atoms with Gasteiger partial charge in [-0.05, 0) is 32.9 Å². The molecule has 118 valence electrons. The van der Waals surface area contributed by atoms with Gasteiger partial charge in [-0.3, -0.25) is 0 Å². The molecular formula is C14H23ClN4O2. The monoisotopic (exact) mass is 314 g/mol. The second kappa shape index (κ2) is 5.33. The molecule has 2 saturated heterocycles. The van der Waals surface area contributed by atoms with Crippen molar-refractivity contribution in [3.63, 3.8) is 0 Å². The molecular weight excluding hydrogens is 292 g/mol. The Bertz CT molecular complexity index is 478. The van der Waals surface area contributed by atoms with Crippen molar-refractivity contribution in [2.75, 3.05) is 26.2 Å². The van der Waals surface area contributed by atoms with Gasteiger partial charge in [0, 0.05) is 31.6 Å². The van der Waals surface area contributed by atoms with Gasteiger partial charge >= 0.3 is 6.09 Å². The van der Waals surface area contributed by atoms with E-state index in [0.29, 0.717) is 5.82 Å². The number of halogens is 1. The summed E-state index contributed by atoms with van der Waals surface area (Å²) in [5.41, 5.74) is 11.0. The van der Waals surface area contributed by atoms with Gasteiger partial charge in [0.05, 0.1) is 11.0 Å². The third-order valence-electron chi connectivity index (χ3n) is 3.54. The van der Waals surface area contributed by atoms with Crippen molar-refractivity contribution >= 4 is 17.7 Å². The summed E-state index contributed by atoms with van der Waals surface area (Å²) in [7, 11) is 0. The minimum atomic E-state index is -0.452. The third-order valence-corrected chi connectivity index (χ3v) is 3.66. The van der Waals surface area contributed by atoms with E-state index >= 15 is 0 Å². The number of nitrogens with two attached hydrogens (primary N) is 2. The van der Waals surface area contributed by atoms with Crippen LogP contribution >= 0.6 is 11.6 Å². The number of nitrogens with zero attached hydrogens (tertiary/aromatic N) is 2. The highest BCUT2D eigenvalue weighted by Gasteiger charge is 2.54. The topological polar surface area (TPSA) is 84.8 Å². The molecule has 0 unspecified atom stereocenters. The van der Waals surface area contributed by atoms with E-state index in [2.05, 4.69) is 0 Å². The van der Waals surface area contributed by atoms with Crippen molar-refractivity contribution < 1.29 is 9.53 Å². The first-order chi connectivity index (χ1) is 9.60. The molecule has 2 fully saturated rings. The molecule has 0 bridgehead atoms. The van der Waals surface area contributed by atoms with Crippen molar-refractivity contribution in [3.8, 4) is 0 Å². The van der Waals surface area contributed by atoms with Crippen molar-refractivity contribution in [2.24, 2.45) is 16.9 Å². The lowest BCUT2D eigenvalue weighted by atomic mass is 9.73. The molecule has 1 spiro atoms. The van der Waals surface area contributed by atoms with Crippen LogP contribution in [0, 0.1) is 5.41 Å². The predicted molar refractivity (Wildman–Crippen MR) is 82.2 cm³/mol. The van der Waals surface area contributed by atoms with Gasteiger partial charge in [0.25, 0.3) is 0 Å². The first-order valence-electron chi connectivity index (χ1n) is 6.92. The van der Waals surface area contributed by atoms with Gasteiger partial charge < -0.3 is 26.0 Å². The van der Waals surface area contributed by atoms with Crippen LogP contribution in [0.5, 0.6) is 0 Å². The van der Waals surface area contributed by atoms with Crippen molar-refractivity contribution in [1.82, 2.24) is 9.80 Å². The Morgan fingerprint density at radius 3 is 2.14 bits per heavy atom. The number of rotatable bonds is 2. The summed E-state index contributed by atoms with van der Waals surface area (Å²) in [4.78, 5) is 15.7. The summed E-state index contributed by atoms with van der Waals surface area (Å²) in [6.45, 7) is 8.72. The molecule has 1 amide bonds. The van der Waals surface area contributed by atoms with Crippen LogP contribution in [0.2, 0.25) is 0 Å². The van der Waals surface area contributed by atoms with Gasteiger partial charge in [0.15, 0.2) is 0 Å². The van der Waals surface area contributed by atoms with E-state index < -0.39 is 5.60 Å². The van der Waals surface area contributed by atoms with Crippen molar-refractivity contribution in [1.29, 1.82) is 0 Å². The molecule has 6 nitrogen and oxygen atoms in total. The quantitative estimate of drug-likeness (QED) is 0.594. The van der Waals surface area contributed by atoms with Crippen LogP contribution < -0.4 is 11.5 Å². The van der Waals surface area contributed by atoms with Crippen LogP contribution in [0.25, 0.3) is 0 Å². The van der Waals surface area contributed by atoms with E-state index in [1.54, 1.807) is 17.1 Å². The fourth-order valence-corrected chi connectivity index (χ4v) is 2.70. The van der Waals surface area contributed by atoms with Gasteiger partial charge in [-0.1, -0.05) is 11.6 Å². The molecule has 0 radical (unpaired) electrons. The number of amides is 1. The average molecular weight is 315 g/mol. The maximum absolute atomic E-state index is 11.9. The van der Waals surface area contributed by atoms with E-state index in [1.807, 2.05) is 25.7 Å². The molecule has 2 heterocycles. The van der Waals surface area contributed by atoms with E-state index in [0.717, 1.165) is 26.2 Å². The summed E-state index contributed by atoms with van der Waals surface area (Å²) >= 11 is 5.55. The zero-order valence-electron chi connectivity index (χ0n) is 12.7. The number of allylic oxidation sites excluding steroid dienone is 2. The van der Waals surface area contributed by atoms with Crippen molar-refractivity contribution in [3.05, 3.63) is 23.1 Å². The lowest BCUT2D eigenvalue weighted by molar-refractivity contribution is -0.100. The number of hydrogen-bond acceptors (Lipinski definition) is 5. The fraction of sp³-hybridized carbons (Fsp3) is 0.643. The van der Waals surface area contributed by atoms with Crippen LogP contribution in [-0.4, -0.2) is 47.7 Å². The van der Waals surface area contributed by atoms with Gasteiger partial charge in [0.2, 0.25) is 0 Å². The molecule has 0 saturated carbocycles. The zero-order valence-corrected chi connectivity index (χ0v) is 13.5.